The number of allylic oxidation sites excluding steroid dienone is 2. The third kappa shape index (κ3) is 9.13. The van der Waals surface area contributed by atoms with Gasteiger partial charge in [0.25, 0.3) is 0 Å². The molecule has 0 spiro atoms. The maximum absolute atomic E-state index is 5.23. The van der Waals surface area contributed by atoms with Crippen molar-refractivity contribution in [2.45, 2.75) is 62.3 Å². The highest BCUT2D eigenvalue weighted by molar-refractivity contribution is 5.87. The Morgan fingerprint density at radius 3 is 1.55 bits per heavy atom. The summed E-state index contributed by atoms with van der Waals surface area (Å²) in [6, 6.07) is 44.9. The van der Waals surface area contributed by atoms with Gasteiger partial charge < -0.3 is 0 Å². The zero-order valence-corrected chi connectivity index (χ0v) is 33.9. The highest BCUT2D eigenvalue weighted by Crippen LogP contribution is 2.38. The Hall–Kier alpha value is -6.19. The number of hydrogen-bond donors (Lipinski definition) is 0. The van der Waals surface area contributed by atoms with E-state index in [-0.39, 0.29) is 0 Å². The summed E-state index contributed by atoms with van der Waals surface area (Å²) < 4.78 is 0. The smallest absolute Gasteiger partial charge is 0.160 e. The van der Waals surface area contributed by atoms with E-state index in [2.05, 4.69) is 173 Å². The van der Waals surface area contributed by atoms with Crippen molar-refractivity contribution in [2.75, 3.05) is 0 Å². The van der Waals surface area contributed by atoms with Crippen molar-refractivity contribution in [3.05, 3.63) is 174 Å². The quantitative estimate of drug-likeness (QED) is 0.157. The van der Waals surface area contributed by atoms with Crippen molar-refractivity contribution in [1.29, 1.82) is 0 Å². The minimum Gasteiger partial charge on any atom is -0.261 e. The Labute approximate surface area is 329 Å². The minimum absolute atomic E-state index is 0.686. The predicted molar refractivity (Wildman–Crippen MR) is 239 cm³/mol. The number of aryl methyl sites for hydroxylation is 1. The first-order valence-electron chi connectivity index (χ1n) is 19.5. The molecule has 0 aliphatic heterocycles. The summed E-state index contributed by atoms with van der Waals surface area (Å²) in [6.07, 6.45) is 10.5. The molecule has 0 amide bonds. The molecule has 3 heteroatoms. The average Bonchev–Trinajstić information content (AvgIpc) is 3.25. The fraction of sp³-hybridized carbons (Fsp3) is 0.173. The van der Waals surface area contributed by atoms with Gasteiger partial charge in [-0.05, 0) is 121 Å². The first-order chi connectivity index (χ1) is 26.9. The van der Waals surface area contributed by atoms with Crippen LogP contribution >= 0.6 is 0 Å². The number of hydrogen-bond acceptors (Lipinski definition) is 3. The monoisotopic (exact) mass is 719 g/mol. The molecule has 2 heterocycles. The highest BCUT2D eigenvalue weighted by atomic mass is 14.9. The largest absolute Gasteiger partial charge is 0.261 e. The van der Waals surface area contributed by atoms with Crippen LogP contribution in [0.4, 0.5) is 0 Å². The lowest BCUT2D eigenvalue weighted by Gasteiger charge is -2.18. The number of pyridine rings is 1. The molecule has 55 heavy (non-hydrogen) atoms. The standard InChI is InChI=1S/C48H41N3.2C2H6/c1-6-15-39-30-45(43(16-7-2)33(4)32(39)3)41-27-40(35-22-24-36(25-23-35)44-21-14-26-49-34(44)5)28-42(29-41)48-50-46(37-17-10-8-11-18-37)31-47(51-48)38-19-12-9-13-20-38;2*1-2/h6-31H,1-5H3;2*1-2H3/b15-6-,16-7-;;. The summed E-state index contributed by atoms with van der Waals surface area (Å²) in [5.41, 5.74) is 17.7. The first-order valence-corrected chi connectivity index (χ1v) is 19.5. The van der Waals surface area contributed by atoms with E-state index in [0.29, 0.717) is 5.82 Å². The average molecular weight is 720 g/mol. The second-order valence-electron chi connectivity index (χ2n) is 12.9. The number of benzene rings is 5. The second-order valence-corrected chi connectivity index (χ2v) is 12.9. The molecule has 7 aromatic rings. The predicted octanol–water partition coefficient (Wildman–Crippen LogP) is 14.9. The van der Waals surface area contributed by atoms with E-state index in [1.54, 1.807) is 0 Å². The fourth-order valence-corrected chi connectivity index (χ4v) is 6.74. The third-order valence-electron chi connectivity index (χ3n) is 9.57. The SMILES string of the molecule is C/C=C\c1cc(-c2cc(-c3ccc(-c4cccnc4C)cc3)cc(-c3nc(-c4ccccc4)cc(-c4ccccc4)n3)c2)c(/C=C\C)c(C)c1C.CC.CC. The summed E-state index contributed by atoms with van der Waals surface area (Å²) in [5, 5.41) is 0. The zero-order valence-electron chi connectivity index (χ0n) is 33.9. The van der Waals surface area contributed by atoms with Gasteiger partial charge in [0.2, 0.25) is 0 Å². The van der Waals surface area contributed by atoms with Crippen molar-refractivity contribution >= 4 is 12.2 Å². The zero-order chi connectivity index (χ0) is 39.3. The molecule has 0 aliphatic carbocycles. The van der Waals surface area contributed by atoms with Crippen LogP contribution < -0.4 is 0 Å². The van der Waals surface area contributed by atoms with Gasteiger partial charge in [-0.3, -0.25) is 4.98 Å². The van der Waals surface area contributed by atoms with Gasteiger partial charge in [0.05, 0.1) is 11.4 Å². The van der Waals surface area contributed by atoms with Crippen LogP contribution in [-0.4, -0.2) is 15.0 Å². The summed E-state index contributed by atoms with van der Waals surface area (Å²) in [7, 11) is 0. The molecule has 0 bridgehead atoms. The summed E-state index contributed by atoms with van der Waals surface area (Å²) in [5.74, 6) is 0.686. The third-order valence-corrected chi connectivity index (χ3v) is 9.57. The lowest BCUT2D eigenvalue weighted by atomic mass is 9.87. The number of aromatic nitrogens is 3. The molecule has 0 aliphatic rings. The Kier molecular flexibility index (Phi) is 14.0. The molecule has 0 atom stereocenters. The van der Waals surface area contributed by atoms with Crippen LogP contribution in [0, 0.1) is 20.8 Å². The maximum Gasteiger partial charge on any atom is 0.160 e. The molecule has 0 N–H and O–H groups in total. The van der Waals surface area contributed by atoms with Crippen molar-refractivity contribution in [2.24, 2.45) is 0 Å². The van der Waals surface area contributed by atoms with Crippen LogP contribution in [0.15, 0.2) is 146 Å². The van der Waals surface area contributed by atoms with Crippen LogP contribution in [-0.2, 0) is 0 Å². The van der Waals surface area contributed by atoms with Gasteiger partial charge in [-0.1, -0.05) is 143 Å². The Bertz CT molecular complexity index is 2330. The van der Waals surface area contributed by atoms with Gasteiger partial charge in [0.1, 0.15) is 0 Å². The Morgan fingerprint density at radius 2 is 0.982 bits per heavy atom. The van der Waals surface area contributed by atoms with E-state index in [9.17, 15) is 0 Å². The number of nitrogens with zero attached hydrogens (tertiary/aromatic N) is 3. The van der Waals surface area contributed by atoms with Crippen molar-refractivity contribution in [1.82, 2.24) is 15.0 Å². The molecule has 0 radical (unpaired) electrons. The molecule has 7 rings (SSSR count). The van der Waals surface area contributed by atoms with Crippen LogP contribution in [0.5, 0.6) is 0 Å². The van der Waals surface area contributed by atoms with Gasteiger partial charge in [-0.2, -0.15) is 0 Å². The van der Waals surface area contributed by atoms with E-state index in [1.165, 1.54) is 27.8 Å². The van der Waals surface area contributed by atoms with Crippen molar-refractivity contribution in [3.63, 3.8) is 0 Å². The molecule has 0 saturated heterocycles. The molecule has 0 fully saturated rings. The second kappa shape index (κ2) is 19.2. The van der Waals surface area contributed by atoms with Crippen LogP contribution in [0.25, 0.3) is 79.4 Å². The normalized spacial score (nSPS) is 10.9. The number of rotatable bonds is 8. The van der Waals surface area contributed by atoms with E-state index in [1.807, 2.05) is 52.1 Å². The van der Waals surface area contributed by atoms with Gasteiger partial charge in [0, 0.05) is 34.1 Å². The molecular weight excluding hydrogens is 667 g/mol. The molecule has 0 saturated carbocycles. The topological polar surface area (TPSA) is 38.7 Å². The van der Waals surface area contributed by atoms with Crippen molar-refractivity contribution < 1.29 is 0 Å². The van der Waals surface area contributed by atoms with Crippen LogP contribution in [0.1, 0.15) is 69.5 Å². The van der Waals surface area contributed by atoms with E-state index >= 15 is 0 Å². The summed E-state index contributed by atoms with van der Waals surface area (Å²) in [4.78, 5) is 15.0. The van der Waals surface area contributed by atoms with Crippen LogP contribution in [0.2, 0.25) is 0 Å². The Morgan fingerprint density at radius 1 is 0.436 bits per heavy atom. The molecule has 3 nitrogen and oxygen atoms in total. The van der Waals surface area contributed by atoms with Crippen LogP contribution in [0.3, 0.4) is 0 Å². The van der Waals surface area contributed by atoms with E-state index in [4.69, 9.17) is 9.97 Å². The Balaban J connectivity index is 0.00000140. The molecule has 2 aromatic heterocycles. The van der Waals surface area contributed by atoms with Gasteiger partial charge in [-0.25, -0.2) is 9.97 Å². The summed E-state index contributed by atoms with van der Waals surface area (Å²) >= 11 is 0. The first kappa shape index (κ1) is 40.0. The van der Waals surface area contributed by atoms with Gasteiger partial charge >= 0.3 is 0 Å². The molecule has 276 valence electrons. The highest BCUT2D eigenvalue weighted by Gasteiger charge is 2.17. The lowest BCUT2D eigenvalue weighted by molar-refractivity contribution is 1.18. The molecule has 0 unspecified atom stereocenters. The van der Waals surface area contributed by atoms with E-state index in [0.717, 1.165) is 61.6 Å². The van der Waals surface area contributed by atoms with Gasteiger partial charge in [-0.15, -0.1) is 0 Å². The molecule has 5 aromatic carbocycles. The van der Waals surface area contributed by atoms with Crippen molar-refractivity contribution in [3.8, 4) is 67.3 Å². The summed E-state index contributed by atoms with van der Waals surface area (Å²) in [6.45, 7) is 18.7. The fourth-order valence-electron chi connectivity index (χ4n) is 6.74. The lowest BCUT2D eigenvalue weighted by Crippen LogP contribution is -1.98. The molecular formula is C52H53N3. The minimum atomic E-state index is 0.686. The van der Waals surface area contributed by atoms with Gasteiger partial charge in [0.15, 0.2) is 5.82 Å². The van der Waals surface area contributed by atoms with E-state index < -0.39 is 0 Å². The maximum atomic E-state index is 5.23.